The predicted octanol–water partition coefficient (Wildman–Crippen LogP) is 1.03. The fourth-order valence-electron chi connectivity index (χ4n) is 1.68. The van der Waals surface area contributed by atoms with Crippen LogP contribution in [0.1, 0.15) is 19.3 Å². The quantitative estimate of drug-likeness (QED) is 0.667. The highest BCUT2D eigenvalue weighted by Crippen LogP contribution is 2.15. The molecular formula is C13H23ClN4O2. The molecule has 2 N–H and O–H groups in total. The van der Waals surface area contributed by atoms with Gasteiger partial charge >= 0.3 is 0 Å². The second kappa shape index (κ2) is 8.94. The van der Waals surface area contributed by atoms with Crippen LogP contribution in [0.3, 0.4) is 0 Å². The number of hydrogen-bond acceptors (Lipinski definition) is 5. The summed E-state index contributed by atoms with van der Waals surface area (Å²) < 4.78 is 1.37. The topological polar surface area (TPSA) is 70.4 Å². The second-order valence-electron chi connectivity index (χ2n) is 4.91. The summed E-state index contributed by atoms with van der Waals surface area (Å²) >= 11 is 6.06. The lowest BCUT2D eigenvalue weighted by molar-refractivity contribution is 0.283. The first kappa shape index (κ1) is 16.9. The maximum Gasteiger partial charge on any atom is 0.287 e. The molecule has 0 atom stereocenters. The molecule has 114 valence electrons. The van der Waals surface area contributed by atoms with E-state index in [0.717, 1.165) is 25.8 Å². The first-order valence-corrected chi connectivity index (χ1v) is 7.19. The van der Waals surface area contributed by atoms with E-state index in [-0.39, 0.29) is 17.2 Å². The van der Waals surface area contributed by atoms with Gasteiger partial charge in [0.1, 0.15) is 5.02 Å². The van der Waals surface area contributed by atoms with E-state index in [0.29, 0.717) is 18.8 Å². The minimum Gasteiger partial charge on any atom is -0.396 e. The zero-order valence-electron chi connectivity index (χ0n) is 12.1. The number of nitrogens with one attached hydrogen (secondary N) is 1. The molecule has 0 radical (unpaired) electrons. The molecule has 0 unspecified atom stereocenters. The predicted molar refractivity (Wildman–Crippen MR) is 81.5 cm³/mol. The lowest BCUT2D eigenvalue weighted by Crippen LogP contribution is -2.29. The van der Waals surface area contributed by atoms with Crippen LogP contribution in [-0.2, 0) is 6.54 Å². The van der Waals surface area contributed by atoms with E-state index in [2.05, 4.69) is 10.4 Å². The number of aliphatic hydroxyl groups is 1. The zero-order chi connectivity index (χ0) is 15.0. The molecule has 0 bridgehead atoms. The minimum absolute atomic E-state index is 0.181. The van der Waals surface area contributed by atoms with E-state index < -0.39 is 0 Å². The molecule has 1 heterocycles. The summed E-state index contributed by atoms with van der Waals surface area (Å²) in [6.07, 6.45) is 4.24. The fraction of sp³-hybridized carbons (Fsp3) is 0.692. The maximum atomic E-state index is 12.0. The van der Waals surface area contributed by atoms with Crippen molar-refractivity contribution in [3.8, 4) is 0 Å². The molecule has 0 aliphatic carbocycles. The maximum absolute atomic E-state index is 12.0. The summed E-state index contributed by atoms with van der Waals surface area (Å²) in [6, 6.07) is 0. The SMILES string of the molecule is CN(C)CCn1ncc(NCCCCCO)c(Cl)c1=O. The van der Waals surface area contributed by atoms with E-state index >= 15 is 0 Å². The molecule has 0 fully saturated rings. The van der Waals surface area contributed by atoms with Gasteiger partial charge in [0.2, 0.25) is 0 Å². The number of aliphatic hydroxyl groups excluding tert-OH is 1. The summed E-state index contributed by atoms with van der Waals surface area (Å²) in [5.74, 6) is 0. The number of aromatic nitrogens is 2. The number of hydrogen-bond donors (Lipinski definition) is 2. The third-order valence-electron chi connectivity index (χ3n) is 2.89. The van der Waals surface area contributed by atoms with Crippen LogP contribution in [-0.4, -0.2) is 53.6 Å². The van der Waals surface area contributed by atoms with Crippen LogP contribution < -0.4 is 10.9 Å². The zero-order valence-corrected chi connectivity index (χ0v) is 12.9. The Morgan fingerprint density at radius 2 is 2.15 bits per heavy atom. The van der Waals surface area contributed by atoms with Gasteiger partial charge in [0.25, 0.3) is 5.56 Å². The highest BCUT2D eigenvalue weighted by molar-refractivity contribution is 6.32. The normalized spacial score (nSPS) is 11.1. The molecule has 6 nitrogen and oxygen atoms in total. The van der Waals surface area contributed by atoms with Gasteiger partial charge in [-0.25, -0.2) is 4.68 Å². The number of rotatable bonds is 9. The van der Waals surface area contributed by atoms with Crippen LogP contribution in [0.25, 0.3) is 0 Å². The third-order valence-corrected chi connectivity index (χ3v) is 3.26. The van der Waals surface area contributed by atoms with Crippen molar-refractivity contribution < 1.29 is 5.11 Å². The van der Waals surface area contributed by atoms with Gasteiger partial charge in [0.15, 0.2) is 0 Å². The third kappa shape index (κ3) is 5.48. The monoisotopic (exact) mass is 302 g/mol. The molecule has 1 rings (SSSR count). The van der Waals surface area contributed by atoms with Gasteiger partial charge < -0.3 is 15.3 Å². The average Bonchev–Trinajstić information content (AvgIpc) is 2.42. The van der Waals surface area contributed by atoms with Crippen LogP contribution in [0.4, 0.5) is 5.69 Å². The highest BCUT2D eigenvalue weighted by Gasteiger charge is 2.08. The fourth-order valence-corrected chi connectivity index (χ4v) is 1.89. The van der Waals surface area contributed by atoms with Crippen LogP contribution in [0.2, 0.25) is 5.02 Å². The largest absolute Gasteiger partial charge is 0.396 e. The Labute approximate surface area is 124 Å². The molecule has 20 heavy (non-hydrogen) atoms. The van der Waals surface area contributed by atoms with Crippen LogP contribution >= 0.6 is 11.6 Å². The van der Waals surface area contributed by atoms with Crippen molar-refractivity contribution >= 4 is 17.3 Å². The van der Waals surface area contributed by atoms with Crippen molar-refractivity contribution in [3.63, 3.8) is 0 Å². The van der Waals surface area contributed by atoms with Crippen LogP contribution in [0, 0.1) is 0 Å². The van der Waals surface area contributed by atoms with Gasteiger partial charge in [-0.1, -0.05) is 11.6 Å². The summed E-state index contributed by atoms with van der Waals surface area (Å²) in [4.78, 5) is 14.0. The van der Waals surface area contributed by atoms with Crippen molar-refractivity contribution in [2.45, 2.75) is 25.8 Å². The summed E-state index contributed by atoms with van der Waals surface area (Å²) in [7, 11) is 3.88. The minimum atomic E-state index is -0.270. The van der Waals surface area contributed by atoms with E-state index in [1.54, 1.807) is 6.20 Å². The summed E-state index contributed by atoms with van der Waals surface area (Å²) in [6.45, 7) is 2.17. The lowest BCUT2D eigenvalue weighted by atomic mass is 10.2. The molecular weight excluding hydrogens is 280 g/mol. The molecule has 0 aromatic carbocycles. The number of likely N-dealkylation sites (N-methyl/N-ethyl adjacent to an activating group) is 1. The van der Waals surface area contributed by atoms with Crippen molar-refractivity contribution in [1.82, 2.24) is 14.7 Å². The molecule has 1 aromatic heterocycles. The Bertz CT molecular complexity index is 462. The molecule has 7 heteroatoms. The first-order valence-electron chi connectivity index (χ1n) is 6.81. The molecule has 1 aromatic rings. The number of halogens is 1. The Hall–Kier alpha value is -1.11. The van der Waals surface area contributed by atoms with Gasteiger partial charge in [-0.3, -0.25) is 4.79 Å². The average molecular weight is 303 g/mol. The Balaban J connectivity index is 2.57. The van der Waals surface area contributed by atoms with Crippen LogP contribution in [0.5, 0.6) is 0 Å². The first-order chi connectivity index (χ1) is 9.56. The Kier molecular flexibility index (Phi) is 7.58. The van der Waals surface area contributed by atoms with Gasteiger partial charge in [-0.2, -0.15) is 5.10 Å². The smallest absolute Gasteiger partial charge is 0.287 e. The molecule has 0 spiro atoms. The lowest BCUT2D eigenvalue weighted by Gasteiger charge is -2.12. The van der Waals surface area contributed by atoms with Gasteiger partial charge in [0, 0.05) is 19.7 Å². The van der Waals surface area contributed by atoms with Gasteiger partial charge in [-0.15, -0.1) is 0 Å². The van der Waals surface area contributed by atoms with Crippen molar-refractivity contribution in [1.29, 1.82) is 0 Å². The Morgan fingerprint density at radius 3 is 2.80 bits per heavy atom. The molecule has 0 amide bonds. The highest BCUT2D eigenvalue weighted by atomic mass is 35.5. The summed E-state index contributed by atoms with van der Waals surface area (Å²) in [5, 5.41) is 16.1. The second-order valence-corrected chi connectivity index (χ2v) is 5.29. The van der Waals surface area contributed by atoms with Crippen LogP contribution in [0.15, 0.2) is 11.0 Å². The Morgan fingerprint density at radius 1 is 1.40 bits per heavy atom. The van der Waals surface area contributed by atoms with E-state index in [1.165, 1.54) is 4.68 Å². The van der Waals surface area contributed by atoms with Gasteiger partial charge in [0.05, 0.1) is 18.4 Å². The van der Waals surface area contributed by atoms with E-state index in [1.807, 2.05) is 19.0 Å². The van der Waals surface area contributed by atoms with E-state index in [4.69, 9.17) is 16.7 Å². The molecule has 0 saturated carbocycles. The number of unbranched alkanes of at least 4 members (excludes halogenated alkanes) is 2. The van der Waals surface area contributed by atoms with Crippen molar-refractivity contribution in [2.24, 2.45) is 0 Å². The molecule has 0 aliphatic heterocycles. The standard InChI is InChI=1S/C13H23ClN4O2/c1-17(2)7-8-18-13(20)12(14)11(10-16-18)15-6-4-3-5-9-19/h10,15,19H,3-9H2,1-2H3. The number of anilines is 1. The molecule has 0 saturated heterocycles. The summed E-state index contributed by atoms with van der Waals surface area (Å²) in [5.41, 5.74) is 0.302. The van der Waals surface area contributed by atoms with E-state index in [9.17, 15) is 4.79 Å². The van der Waals surface area contributed by atoms with Crippen molar-refractivity contribution in [2.75, 3.05) is 39.1 Å². The van der Waals surface area contributed by atoms with Crippen molar-refractivity contribution in [3.05, 3.63) is 21.6 Å². The molecule has 0 aliphatic rings. The number of nitrogens with zero attached hydrogens (tertiary/aromatic N) is 3. The van der Waals surface area contributed by atoms with Gasteiger partial charge in [-0.05, 0) is 33.4 Å².